The van der Waals surface area contributed by atoms with Crippen molar-refractivity contribution < 1.29 is 9.47 Å². The van der Waals surface area contributed by atoms with Gasteiger partial charge in [0.1, 0.15) is 13.2 Å². The molecule has 1 aliphatic heterocycles. The van der Waals surface area contributed by atoms with Gasteiger partial charge in [0.2, 0.25) is 0 Å². The van der Waals surface area contributed by atoms with Gasteiger partial charge in [0.05, 0.1) is 5.38 Å². The summed E-state index contributed by atoms with van der Waals surface area (Å²) < 4.78 is 12.2. The minimum absolute atomic E-state index is 0.206. The summed E-state index contributed by atoms with van der Waals surface area (Å²) in [7, 11) is 0. The number of aryl methyl sites for hydroxylation is 1. The summed E-state index contributed by atoms with van der Waals surface area (Å²) in [5.74, 6) is 1.56. The SMILES string of the molecule is Cc1ccc(C(Cl)c2ccc3c(c2)OCCO3)cc1Br. The van der Waals surface area contributed by atoms with Crippen LogP contribution in [0.3, 0.4) is 0 Å². The van der Waals surface area contributed by atoms with Crippen LogP contribution in [0, 0.1) is 6.92 Å². The van der Waals surface area contributed by atoms with Gasteiger partial charge in [-0.25, -0.2) is 0 Å². The molecule has 1 aliphatic rings. The maximum absolute atomic E-state index is 6.58. The smallest absolute Gasteiger partial charge is 0.161 e. The highest BCUT2D eigenvalue weighted by Gasteiger charge is 2.17. The minimum Gasteiger partial charge on any atom is -0.486 e. The van der Waals surface area contributed by atoms with Gasteiger partial charge in [-0.15, -0.1) is 11.6 Å². The van der Waals surface area contributed by atoms with Crippen LogP contribution in [0.25, 0.3) is 0 Å². The Hall–Kier alpha value is -1.19. The van der Waals surface area contributed by atoms with Crippen molar-refractivity contribution in [2.24, 2.45) is 0 Å². The zero-order chi connectivity index (χ0) is 14.1. The Bertz CT molecular complexity index is 642. The number of ether oxygens (including phenoxy) is 2. The third-order valence-electron chi connectivity index (χ3n) is 3.35. The molecule has 2 nitrogen and oxygen atoms in total. The standard InChI is InChI=1S/C16H14BrClO2/c1-10-2-3-11(8-13(10)17)16(18)12-4-5-14-15(9-12)20-7-6-19-14/h2-5,8-9,16H,6-7H2,1H3. The molecule has 20 heavy (non-hydrogen) atoms. The Kier molecular flexibility index (Phi) is 3.90. The van der Waals surface area contributed by atoms with E-state index < -0.39 is 0 Å². The van der Waals surface area contributed by atoms with Crippen molar-refractivity contribution in [2.75, 3.05) is 13.2 Å². The highest BCUT2D eigenvalue weighted by Crippen LogP contribution is 2.37. The summed E-state index contributed by atoms with van der Waals surface area (Å²) in [6.07, 6.45) is 0. The third-order valence-corrected chi connectivity index (χ3v) is 4.71. The molecular formula is C16H14BrClO2. The van der Waals surface area contributed by atoms with E-state index in [0.29, 0.717) is 13.2 Å². The minimum atomic E-state index is -0.206. The molecule has 1 unspecified atom stereocenters. The lowest BCUT2D eigenvalue weighted by atomic mass is 10.0. The fraction of sp³-hybridized carbons (Fsp3) is 0.250. The van der Waals surface area contributed by atoms with E-state index in [-0.39, 0.29) is 5.38 Å². The molecule has 0 bridgehead atoms. The number of alkyl halides is 1. The summed E-state index contributed by atoms with van der Waals surface area (Å²) in [6, 6.07) is 12.0. The molecule has 0 spiro atoms. The fourth-order valence-electron chi connectivity index (χ4n) is 2.18. The number of halogens is 2. The Morgan fingerprint density at radius 1 is 1.00 bits per heavy atom. The molecule has 0 aromatic heterocycles. The van der Waals surface area contributed by atoms with E-state index in [4.69, 9.17) is 21.1 Å². The number of hydrogen-bond donors (Lipinski definition) is 0. The summed E-state index contributed by atoms with van der Waals surface area (Å²) in [5.41, 5.74) is 3.26. The summed E-state index contributed by atoms with van der Waals surface area (Å²) >= 11 is 10.1. The van der Waals surface area contributed by atoms with Crippen LogP contribution in [0.15, 0.2) is 40.9 Å². The van der Waals surface area contributed by atoms with Crippen LogP contribution in [-0.2, 0) is 0 Å². The van der Waals surface area contributed by atoms with Crippen LogP contribution < -0.4 is 9.47 Å². The van der Waals surface area contributed by atoms with Gasteiger partial charge in [-0.3, -0.25) is 0 Å². The summed E-state index contributed by atoms with van der Waals surface area (Å²) in [5, 5.41) is -0.206. The van der Waals surface area contributed by atoms with Crippen LogP contribution in [0.4, 0.5) is 0 Å². The van der Waals surface area contributed by atoms with Gasteiger partial charge in [-0.1, -0.05) is 34.1 Å². The first-order chi connectivity index (χ1) is 9.65. The van der Waals surface area contributed by atoms with Crippen molar-refractivity contribution >= 4 is 27.5 Å². The quantitative estimate of drug-likeness (QED) is 0.718. The Morgan fingerprint density at radius 2 is 1.65 bits per heavy atom. The van der Waals surface area contributed by atoms with Crippen LogP contribution in [-0.4, -0.2) is 13.2 Å². The molecule has 2 aromatic carbocycles. The van der Waals surface area contributed by atoms with Crippen LogP contribution in [0.1, 0.15) is 22.1 Å². The largest absolute Gasteiger partial charge is 0.486 e. The first kappa shape index (κ1) is 13.8. The van der Waals surface area contributed by atoms with Crippen molar-refractivity contribution in [3.63, 3.8) is 0 Å². The lowest BCUT2D eigenvalue weighted by molar-refractivity contribution is 0.171. The highest BCUT2D eigenvalue weighted by atomic mass is 79.9. The molecule has 3 rings (SSSR count). The molecule has 0 saturated heterocycles. The highest BCUT2D eigenvalue weighted by molar-refractivity contribution is 9.10. The predicted octanol–water partition coefficient (Wildman–Crippen LogP) is 4.86. The number of benzene rings is 2. The molecule has 0 saturated carbocycles. The zero-order valence-corrected chi connectivity index (χ0v) is 13.4. The Balaban J connectivity index is 1.93. The first-order valence-corrected chi connectivity index (χ1v) is 7.68. The van der Waals surface area contributed by atoms with Crippen molar-refractivity contribution in [1.29, 1.82) is 0 Å². The number of rotatable bonds is 2. The number of hydrogen-bond acceptors (Lipinski definition) is 2. The molecular weight excluding hydrogens is 340 g/mol. The normalized spacial score (nSPS) is 14.9. The molecule has 0 radical (unpaired) electrons. The van der Waals surface area contributed by atoms with E-state index in [1.165, 1.54) is 5.56 Å². The molecule has 0 aliphatic carbocycles. The maximum Gasteiger partial charge on any atom is 0.161 e. The summed E-state index contributed by atoms with van der Waals surface area (Å²) in [6.45, 7) is 3.24. The van der Waals surface area contributed by atoms with Gasteiger partial charge >= 0.3 is 0 Å². The van der Waals surface area contributed by atoms with E-state index >= 15 is 0 Å². The van der Waals surface area contributed by atoms with E-state index in [0.717, 1.165) is 27.1 Å². The van der Waals surface area contributed by atoms with E-state index in [9.17, 15) is 0 Å². The van der Waals surface area contributed by atoms with E-state index in [1.807, 2.05) is 18.2 Å². The average Bonchev–Trinajstić information content (AvgIpc) is 2.49. The lowest BCUT2D eigenvalue weighted by Gasteiger charge is -2.20. The molecule has 2 aromatic rings. The van der Waals surface area contributed by atoms with Gasteiger partial charge in [0.25, 0.3) is 0 Å². The molecule has 104 valence electrons. The van der Waals surface area contributed by atoms with Gasteiger partial charge in [0.15, 0.2) is 11.5 Å². The Labute approximate surface area is 131 Å². The van der Waals surface area contributed by atoms with E-state index in [1.54, 1.807) is 0 Å². The fourth-order valence-corrected chi connectivity index (χ4v) is 2.84. The van der Waals surface area contributed by atoms with Crippen LogP contribution in [0.2, 0.25) is 0 Å². The van der Waals surface area contributed by atoms with Crippen LogP contribution in [0.5, 0.6) is 11.5 Å². The van der Waals surface area contributed by atoms with E-state index in [2.05, 4.69) is 41.1 Å². The molecule has 1 heterocycles. The first-order valence-electron chi connectivity index (χ1n) is 6.45. The van der Waals surface area contributed by atoms with Gasteiger partial charge in [-0.05, 0) is 41.8 Å². The average molecular weight is 354 g/mol. The zero-order valence-electron chi connectivity index (χ0n) is 11.0. The second kappa shape index (κ2) is 5.66. The third kappa shape index (κ3) is 2.65. The predicted molar refractivity (Wildman–Crippen MR) is 84.0 cm³/mol. The van der Waals surface area contributed by atoms with Gasteiger partial charge in [-0.2, -0.15) is 0 Å². The summed E-state index contributed by atoms with van der Waals surface area (Å²) in [4.78, 5) is 0. The Morgan fingerprint density at radius 3 is 2.40 bits per heavy atom. The van der Waals surface area contributed by atoms with Gasteiger partial charge in [0, 0.05) is 4.47 Å². The van der Waals surface area contributed by atoms with Crippen molar-refractivity contribution in [3.8, 4) is 11.5 Å². The molecule has 1 atom stereocenters. The molecule has 0 amide bonds. The van der Waals surface area contributed by atoms with Crippen molar-refractivity contribution in [2.45, 2.75) is 12.3 Å². The topological polar surface area (TPSA) is 18.5 Å². The molecule has 0 N–H and O–H groups in total. The maximum atomic E-state index is 6.58. The lowest BCUT2D eigenvalue weighted by Crippen LogP contribution is -2.15. The second-order valence-corrected chi connectivity index (χ2v) is 6.07. The second-order valence-electron chi connectivity index (χ2n) is 4.77. The monoisotopic (exact) mass is 352 g/mol. The van der Waals surface area contributed by atoms with Crippen LogP contribution >= 0.6 is 27.5 Å². The van der Waals surface area contributed by atoms with Crippen molar-refractivity contribution in [1.82, 2.24) is 0 Å². The molecule has 4 heteroatoms. The van der Waals surface area contributed by atoms with Crippen molar-refractivity contribution in [3.05, 3.63) is 57.6 Å². The molecule has 0 fully saturated rings. The van der Waals surface area contributed by atoms with Gasteiger partial charge < -0.3 is 9.47 Å². The number of fused-ring (bicyclic) bond motifs is 1.